The molecule has 0 bridgehead atoms. The van der Waals surface area contributed by atoms with Crippen molar-refractivity contribution in [3.8, 4) is 0 Å². The zero-order chi connectivity index (χ0) is 25.1. The zero-order valence-corrected chi connectivity index (χ0v) is 22.3. The Bertz CT molecular complexity index is 1560. The molecule has 0 N–H and O–H groups in total. The third-order valence-electron chi connectivity index (χ3n) is 5.92. The van der Waals surface area contributed by atoms with Crippen LogP contribution in [0.25, 0.3) is 16.3 Å². The Hall–Kier alpha value is -2.91. The summed E-state index contributed by atoms with van der Waals surface area (Å²) < 4.78 is 36.4. The number of para-hydroxylation sites is 3. The van der Waals surface area contributed by atoms with E-state index in [1.54, 1.807) is 23.1 Å². The van der Waals surface area contributed by atoms with Gasteiger partial charge in [-0.1, -0.05) is 65.6 Å². The van der Waals surface area contributed by atoms with Gasteiger partial charge in [0.1, 0.15) is 4.70 Å². The van der Waals surface area contributed by atoms with Crippen LogP contribution in [0.4, 0.5) is 11.4 Å². The molecule has 0 spiro atoms. The Morgan fingerprint density at radius 3 is 2.50 bits per heavy atom. The first-order valence-corrected chi connectivity index (χ1v) is 15.0. The SMILES string of the molecule is CC(/C=C1\Sc2ccccc2N1c1ccccc1)=C\c1sc2ccccc2[n+]1CCCCS(=O)(=O)[O-]. The summed E-state index contributed by atoms with van der Waals surface area (Å²) in [5.74, 6) is -0.320. The van der Waals surface area contributed by atoms with Crippen LogP contribution in [0.1, 0.15) is 24.8 Å². The summed E-state index contributed by atoms with van der Waals surface area (Å²) in [4.78, 5) is 3.52. The van der Waals surface area contributed by atoms with Gasteiger partial charge in [0.05, 0.1) is 20.8 Å². The maximum atomic E-state index is 11.0. The number of rotatable bonds is 8. The predicted molar refractivity (Wildman–Crippen MR) is 148 cm³/mol. The first-order valence-electron chi connectivity index (χ1n) is 11.8. The van der Waals surface area contributed by atoms with Crippen LogP contribution in [0.15, 0.2) is 100 Å². The summed E-state index contributed by atoms with van der Waals surface area (Å²) in [7, 11) is -4.18. The number of unbranched alkanes of at least 4 members (excludes halogenated alkanes) is 1. The summed E-state index contributed by atoms with van der Waals surface area (Å²) in [6.45, 7) is 2.77. The first-order chi connectivity index (χ1) is 17.4. The van der Waals surface area contributed by atoms with Crippen molar-refractivity contribution in [2.24, 2.45) is 0 Å². The number of fused-ring (bicyclic) bond motifs is 2. The first kappa shape index (κ1) is 24.8. The van der Waals surface area contributed by atoms with E-state index >= 15 is 0 Å². The van der Waals surface area contributed by atoms with E-state index < -0.39 is 10.1 Å². The lowest BCUT2D eigenvalue weighted by Crippen LogP contribution is -2.35. The molecule has 0 unspecified atom stereocenters. The highest BCUT2D eigenvalue weighted by atomic mass is 32.2. The van der Waals surface area contributed by atoms with Gasteiger partial charge in [-0.05, 0) is 55.3 Å². The van der Waals surface area contributed by atoms with Gasteiger partial charge >= 0.3 is 0 Å². The monoisotopic (exact) mass is 534 g/mol. The number of aromatic nitrogens is 1. The van der Waals surface area contributed by atoms with Crippen molar-refractivity contribution >= 4 is 60.9 Å². The van der Waals surface area contributed by atoms with Gasteiger partial charge in [0.15, 0.2) is 6.54 Å². The van der Waals surface area contributed by atoms with E-state index in [1.807, 2.05) is 18.2 Å². The number of nitrogens with zero attached hydrogens (tertiary/aromatic N) is 2. The molecule has 1 aromatic heterocycles. The minimum Gasteiger partial charge on any atom is -0.748 e. The Morgan fingerprint density at radius 1 is 0.972 bits per heavy atom. The third kappa shape index (κ3) is 5.57. The van der Waals surface area contributed by atoms with Gasteiger partial charge in [-0.2, -0.15) is 4.57 Å². The average molecular weight is 535 g/mol. The maximum absolute atomic E-state index is 11.0. The van der Waals surface area contributed by atoms with E-state index in [0.29, 0.717) is 19.4 Å². The molecule has 0 amide bonds. The molecule has 0 fully saturated rings. The van der Waals surface area contributed by atoms with Crippen LogP contribution in [0.2, 0.25) is 0 Å². The third-order valence-corrected chi connectivity index (χ3v) is 8.90. The van der Waals surface area contributed by atoms with Gasteiger partial charge in [0.2, 0.25) is 5.52 Å². The number of thiazole rings is 1. The van der Waals surface area contributed by atoms with Crippen molar-refractivity contribution in [2.45, 2.75) is 31.2 Å². The van der Waals surface area contributed by atoms with Crippen LogP contribution < -0.4 is 9.47 Å². The van der Waals surface area contributed by atoms with Crippen molar-refractivity contribution in [1.29, 1.82) is 0 Å². The molecule has 1 aliphatic heterocycles. The number of thioether (sulfide) groups is 1. The van der Waals surface area contributed by atoms with Gasteiger partial charge in [-0.3, -0.25) is 0 Å². The second kappa shape index (κ2) is 10.6. The van der Waals surface area contributed by atoms with Gasteiger partial charge in [-0.25, -0.2) is 8.42 Å². The number of aryl methyl sites for hydroxylation is 1. The molecule has 8 heteroatoms. The van der Waals surface area contributed by atoms with Crippen LogP contribution >= 0.6 is 23.1 Å². The number of hydrogen-bond donors (Lipinski definition) is 0. The molecule has 4 aromatic rings. The molecule has 0 aliphatic carbocycles. The Kier molecular flexibility index (Phi) is 7.29. The summed E-state index contributed by atoms with van der Waals surface area (Å²) in [6.07, 6.45) is 5.39. The molecule has 36 heavy (non-hydrogen) atoms. The van der Waals surface area contributed by atoms with Gasteiger partial charge in [-0.15, -0.1) is 0 Å². The summed E-state index contributed by atoms with van der Waals surface area (Å²) >= 11 is 3.48. The standard InChI is InChI=1S/C28H26N2O3S3/c1-21(20-28-30(22-11-3-2-4-12-22)24-14-6-8-16-26(24)35-28)19-27-29(17-9-10-18-36(31,32)33)23-13-5-7-15-25(23)34-27/h2-8,11-16,19-20H,9-10,17-18H2,1H3. The molecular weight excluding hydrogens is 509 g/mol. The largest absolute Gasteiger partial charge is 0.748 e. The summed E-state index contributed by atoms with van der Waals surface area (Å²) in [5.41, 5.74) is 4.54. The van der Waals surface area contributed by atoms with Gasteiger partial charge in [0, 0.05) is 34.9 Å². The number of allylic oxidation sites excluding steroid dienone is 2. The molecule has 1 aliphatic rings. The minimum atomic E-state index is -4.18. The molecule has 0 radical (unpaired) electrons. The lowest BCUT2D eigenvalue weighted by Gasteiger charge is -2.20. The predicted octanol–water partition coefficient (Wildman–Crippen LogP) is 6.70. The topological polar surface area (TPSA) is 64.3 Å². The van der Waals surface area contributed by atoms with E-state index in [9.17, 15) is 13.0 Å². The number of hydrogen-bond acceptors (Lipinski definition) is 6. The Balaban J connectivity index is 1.47. The van der Waals surface area contributed by atoms with Crippen LogP contribution in [-0.4, -0.2) is 18.7 Å². The molecular formula is C28H26N2O3S3. The lowest BCUT2D eigenvalue weighted by molar-refractivity contribution is -0.669. The van der Waals surface area contributed by atoms with Crippen molar-refractivity contribution in [2.75, 3.05) is 10.7 Å². The minimum absolute atomic E-state index is 0.320. The molecule has 0 saturated heterocycles. The normalized spacial score (nSPS) is 15.1. The average Bonchev–Trinajstić information content (AvgIpc) is 3.39. The van der Waals surface area contributed by atoms with Crippen molar-refractivity contribution in [3.05, 3.63) is 101 Å². The fourth-order valence-electron chi connectivity index (χ4n) is 4.31. The lowest BCUT2D eigenvalue weighted by atomic mass is 10.2. The summed E-state index contributed by atoms with van der Waals surface area (Å²) in [5, 5.41) is 2.24. The zero-order valence-electron chi connectivity index (χ0n) is 19.8. The van der Waals surface area contributed by atoms with Crippen molar-refractivity contribution in [3.63, 3.8) is 0 Å². The van der Waals surface area contributed by atoms with E-state index in [2.05, 4.69) is 89.2 Å². The quantitative estimate of drug-likeness (QED) is 0.143. The highest BCUT2D eigenvalue weighted by Gasteiger charge is 2.26. The Morgan fingerprint density at radius 2 is 1.69 bits per heavy atom. The van der Waals surface area contributed by atoms with Crippen LogP contribution in [0.5, 0.6) is 0 Å². The van der Waals surface area contributed by atoms with Gasteiger partial charge < -0.3 is 9.45 Å². The molecule has 184 valence electrons. The highest BCUT2D eigenvalue weighted by Crippen LogP contribution is 2.50. The van der Waals surface area contributed by atoms with Crippen LogP contribution in [-0.2, 0) is 16.7 Å². The molecule has 0 saturated carbocycles. The molecule has 5 nitrogen and oxygen atoms in total. The molecule has 5 rings (SSSR count). The molecule has 3 aromatic carbocycles. The smallest absolute Gasteiger partial charge is 0.263 e. The maximum Gasteiger partial charge on any atom is 0.263 e. The highest BCUT2D eigenvalue weighted by molar-refractivity contribution is 8.03. The fraction of sp³-hybridized carbons (Fsp3) is 0.179. The van der Waals surface area contributed by atoms with E-state index in [-0.39, 0.29) is 5.75 Å². The molecule has 2 heterocycles. The van der Waals surface area contributed by atoms with Crippen LogP contribution in [0, 0.1) is 0 Å². The second-order valence-electron chi connectivity index (χ2n) is 8.64. The van der Waals surface area contributed by atoms with E-state index in [0.717, 1.165) is 26.8 Å². The number of anilines is 2. The number of benzene rings is 3. The Labute approximate surface area is 220 Å². The second-order valence-corrected chi connectivity index (χ2v) is 12.3. The van der Waals surface area contributed by atoms with Crippen LogP contribution in [0.3, 0.4) is 0 Å². The van der Waals surface area contributed by atoms with E-state index in [1.165, 1.54) is 15.3 Å². The summed E-state index contributed by atoms with van der Waals surface area (Å²) in [6, 6.07) is 27.0. The van der Waals surface area contributed by atoms with Gasteiger partial charge in [0.25, 0.3) is 5.01 Å². The van der Waals surface area contributed by atoms with Crippen molar-refractivity contribution in [1.82, 2.24) is 0 Å². The molecule has 0 atom stereocenters. The fourth-order valence-corrected chi connectivity index (χ4v) is 7.25. The van der Waals surface area contributed by atoms with Crippen molar-refractivity contribution < 1.29 is 17.5 Å². The van der Waals surface area contributed by atoms with E-state index in [4.69, 9.17) is 0 Å².